The molecule has 1 N–H and O–H groups in total. The van der Waals surface area contributed by atoms with Crippen LogP contribution in [-0.4, -0.2) is 16.7 Å². The molecule has 0 radical (unpaired) electrons. The highest BCUT2D eigenvalue weighted by molar-refractivity contribution is 6.00. The molecule has 4 rings (SSSR count). The van der Waals surface area contributed by atoms with E-state index in [-0.39, 0.29) is 5.91 Å². The van der Waals surface area contributed by atoms with Crippen LogP contribution in [0.1, 0.15) is 22.6 Å². The fourth-order valence-corrected chi connectivity index (χ4v) is 3.62. The molecule has 0 aliphatic heterocycles. The van der Waals surface area contributed by atoms with Crippen molar-refractivity contribution in [2.75, 3.05) is 0 Å². The van der Waals surface area contributed by atoms with E-state index in [0.29, 0.717) is 6.54 Å². The maximum Gasteiger partial charge on any atom is 0.252 e. The van der Waals surface area contributed by atoms with Crippen molar-refractivity contribution in [1.82, 2.24) is 9.99 Å². The monoisotopic (exact) mass is 391 g/mol. The number of nitrogens with zero attached hydrogens (tertiary/aromatic N) is 2. The lowest BCUT2D eigenvalue weighted by atomic mass is 9.91. The lowest BCUT2D eigenvalue weighted by molar-refractivity contribution is -0.121. The Kier molecular flexibility index (Phi) is 5.73. The van der Waals surface area contributed by atoms with E-state index in [1.165, 1.54) is 0 Å². The summed E-state index contributed by atoms with van der Waals surface area (Å²) in [6, 6.07) is 27.4. The number of amides is 1. The van der Waals surface area contributed by atoms with Crippen LogP contribution >= 0.6 is 0 Å². The number of aromatic nitrogens is 1. The summed E-state index contributed by atoms with van der Waals surface area (Å²) >= 11 is 0. The molecule has 0 spiro atoms. The first-order valence-electron chi connectivity index (χ1n) is 9.72. The Balaban J connectivity index is 1.59. The zero-order chi connectivity index (χ0) is 20.8. The standard InChI is InChI=1S/C26H21N3O/c1-2-17-29-19-22(23-15-9-10-16-24(23)29)18-27-28-26(30)25(20-11-5-3-6-12-20)21-13-7-4-8-14-21/h1,3-16,18-19,25H,17H2,(H,28,30)/b27-18-. The van der Waals surface area contributed by atoms with E-state index in [2.05, 4.69) is 16.4 Å². The van der Waals surface area contributed by atoms with Crippen molar-refractivity contribution in [1.29, 1.82) is 0 Å². The number of hydrogen-bond donors (Lipinski definition) is 1. The molecule has 0 fully saturated rings. The lowest BCUT2D eigenvalue weighted by Gasteiger charge is -2.16. The minimum absolute atomic E-state index is 0.184. The fourth-order valence-electron chi connectivity index (χ4n) is 3.62. The van der Waals surface area contributed by atoms with Crippen LogP contribution in [0.25, 0.3) is 10.9 Å². The van der Waals surface area contributed by atoms with Crippen molar-refractivity contribution in [3.63, 3.8) is 0 Å². The molecular weight excluding hydrogens is 370 g/mol. The number of rotatable bonds is 6. The lowest BCUT2D eigenvalue weighted by Crippen LogP contribution is -2.26. The third-order valence-corrected chi connectivity index (χ3v) is 4.99. The van der Waals surface area contributed by atoms with Crippen LogP contribution in [-0.2, 0) is 11.3 Å². The van der Waals surface area contributed by atoms with Gasteiger partial charge in [0.2, 0.25) is 0 Å². The highest BCUT2D eigenvalue weighted by Crippen LogP contribution is 2.25. The van der Waals surface area contributed by atoms with E-state index in [4.69, 9.17) is 6.42 Å². The first-order valence-corrected chi connectivity index (χ1v) is 9.72. The molecule has 0 saturated heterocycles. The molecule has 4 nitrogen and oxygen atoms in total. The maximum atomic E-state index is 13.0. The quantitative estimate of drug-likeness (QED) is 0.292. The number of hydrazone groups is 1. The molecule has 3 aromatic carbocycles. The van der Waals surface area contributed by atoms with Crippen LogP contribution in [0.15, 0.2) is 96.2 Å². The predicted molar refractivity (Wildman–Crippen MR) is 121 cm³/mol. The SMILES string of the molecule is C#CCn1cc(/C=N\NC(=O)C(c2ccccc2)c2ccccc2)c2ccccc21. The Morgan fingerprint density at radius 1 is 0.967 bits per heavy atom. The van der Waals surface area contributed by atoms with Gasteiger partial charge in [0.05, 0.1) is 18.7 Å². The molecule has 1 heterocycles. The Morgan fingerprint density at radius 2 is 1.57 bits per heavy atom. The summed E-state index contributed by atoms with van der Waals surface area (Å²) in [7, 11) is 0. The molecule has 146 valence electrons. The number of nitrogens with one attached hydrogen (secondary N) is 1. The molecule has 0 bridgehead atoms. The van der Waals surface area contributed by atoms with Gasteiger partial charge < -0.3 is 4.57 Å². The van der Waals surface area contributed by atoms with Gasteiger partial charge in [0.1, 0.15) is 0 Å². The van der Waals surface area contributed by atoms with E-state index in [1.54, 1.807) is 6.21 Å². The molecule has 0 saturated carbocycles. The van der Waals surface area contributed by atoms with Crippen molar-refractivity contribution in [2.45, 2.75) is 12.5 Å². The van der Waals surface area contributed by atoms with Gasteiger partial charge in [-0.25, -0.2) is 5.43 Å². The van der Waals surface area contributed by atoms with Gasteiger partial charge in [0.25, 0.3) is 5.91 Å². The summed E-state index contributed by atoms with van der Waals surface area (Å²) in [6.07, 6.45) is 9.10. The van der Waals surface area contributed by atoms with Crippen LogP contribution in [0.5, 0.6) is 0 Å². The van der Waals surface area contributed by atoms with Crippen LogP contribution in [0.3, 0.4) is 0 Å². The van der Waals surface area contributed by atoms with Gasteiger partial charge in [-0.2, -0.15) is 5.10 Å². The Labute approximate surface area is 175 Å². The smallest absolute Gasteiger partial charge is 0.252 e. The zero-order valence-electron chi connectivity index (χ0n) is 16.4. The number of para-hydroxylation sites is 1. The average Bonchev–Trinajstić information content (AvgIpc) is 3.13. The van der Waals surface area contributed by atoms with Crippen molar-refractivity contribution < 1.29 is 4.79 Å². The largest absolute Gasteiger partial charge is 0.335 e. The predicted octanol–water partition coefficient (Wildman–Crippen LogP) is 4.56. The number of carbonyl (C=O) groups excluding carboxylic acids is 1. The third kappa shape index (κ3) is 4.01. The molecule has 1 amide bonds. The normalized spacial score (nSPS) is 11.1. The molecule has 0 unspecified atom stereocenters. The van der Waals surface area contributed by atoms with Crippen LogP contribution in [0, 0.1) is 12.3 Å². The van der Waals surface area contributed by atoms with Gasteiger partial charge in [0.15, 0.2) is 0 Å². The summed E-state index contributed by atoms with van der Waals surface area (Å²) in [5.41, 5.74) is 6.49. The Morgan fingerprint density at radius 3 is 2.20 bits per heavy atom. The van der Waals surface area contributed by atoms with Crippen LogP contribution in [0.2, 0.25) is 0 Å². The zero-order valence-corrected chi connectivity index (χ0v) is 16.4. The second-order valence-corrected chi connectivity index (χ2v) is 6.92. The molecule has 4 aromatic rings. The highest BCUT2D eigenvalue weighted by atomic mass is 16.2. The van der Waals surface area contributed by atoms with Gasteiger partial charge in [0, 0.05) is 22.7 Å². The van der Waals surface area contributed by atoms with Crippen molar-refractivity contribution in [3.05, 3.63) is 108 Å². The highest BCUT2D eigenvalue weighted by Gasteiger charge is 2.22. The van der Waals surface area contributed by atoms with E-state index < -0.39 is 5.92 Å². The topological polar surface area (TPSA) is 46.4 Å². The van der Waals surface area contributed by atoms with Crippen LogP contribution < -0.4 is 5.43 Å². The molecule has 0 aliphatic rings. The summed E-state index contributed by atoms with van der Waals surface area (Å²) < 4.78 is 2.00. The van der Waals surface area contributed by atoms with E-state index in [9.17, 15) is 4.79 Å². The van der Waals surface area contributed by atoms with Crippen LogP contribution in [0.4, 0.5) is 0 Å². The molecule has 4 heteroatoms. The first-order chi connectivity index (χ1) is 14.8. The van der Waals surface area contributed by atoms with Gasteiger partial charge in [-0.15, -0.1) is 6.42 Å². The van der Waals surface area contributed by atoms with Gasteiger partial charge in [-0.1, -0.05) is 84.8 Å². The van der Waals surface area contributed by atoms with E-state index in [0.717, 1.165) is 27.6 Å². The van der Waals surface area contributed by atoms with Crippen molar-refractivity contribution >= 4 is 23.0 Å². The Hall–Kier alpha value is -4.10. The summed E-state index contributed by atoms with van der Waals surface area (Å²) in [5.74, 6) is 2.04. The summed E-state index contributed by atoms with van der Waals surface area (Å²) in [5, 5.41) is 5.28. The third-order valence-electron chi connectivity index (χ3n) is 4.99. The minimum Gasteiger partial charge on any atom is -0.335 e. The van der Waals surface area contributed by atoms with Gasteiger partial charge in [-0.3, -0.25) is 4.79 Å². The van der Waals surface area contributed by atoms with Crippen molar-refractivity contribution in [2.24, 2.45) is 5.10 Å². The summed E-state index contributed by atoms with van der Waals surface area (Å²) in [6.45, 7) is 0.477. The minimum atomic E-state index is -0.438. The average molecular weight is 391 g/mol. The van der Waals surface area contributed by atoms with E-state index >= 15 is 0 Å². The Bertz CT molecular complexity index is 1180. The molecule has 30 heavy (non-hydrogen) atoms. The molecule has 1 aromatic heterocycles. The number of terminal acetylenes is 1. The maximum absolute atomic E-state index is 13.0. The molecular formula is C26H21N3O. The number of hydrogen-bond acceptors (Lipinski definition) is 2. The number of benzene rings is 3. The second kappa shape index (κ2) is 8.93. The van der Waals surface area contributed by atoms with E-state index in [1.807, 2.05) is 95.7 Å². The summed E-state index contributed by atoms with van der Waals surface area (Å²) in [4.78, 5) is 13.0. The van der Waals surface area contributed by atoms with Gasteiger partial charge in [-0.05, 0) is 17.2 Å². The molecule has 0 aliphatic carbocycles. The number of carbonyl (C=O) groups is 1. The fraction of sp³-hybridized carbons (Fsp3) is 0.0769. The second-order valence-electron chi connectivity index (χ2n) is 6.92. The molecule has 0 atom stereocenters. The van der Waals surface area contributed by atoms with Crippen molar-refractivity contribution in [3.8, 4) is 12.3 Å². The van der Waals surface area contributed by atoms with Gasteiger partial charge >= 0.3 is 0 Å². The first kappa shape index (κ1) is 19.2. The number of fused-ring (bicyclic) bond motifs is 1.